The average molecular weight is 351 g/mol. The maximum atomic E-state index is 13.2. The van der Waals surface area contributed by atoms with E-state index in [1.807, 2.05) is 0 Å². The van der Waals surface area contributed by atoms with Gasteiger partial charge in [0, 0.05) is 11.6 Å². The zero-order valence-electron chi connectivity index (χ0n) is 14.9. The number of fused-ring (bicyclic) bond motifs is 1. The smallest absolute Gasteiger partial charge is 0.417 e. The maximum Gasteiger partial charge on any atom is 0.417 e. The Kier molecular flexibility index (Phi) is 4.69. The number of aromatic nitrogens is 1. The Labute approximate surface area is 146 Å². The van der Waals surface area contributed by atoms with Crippen molar-refractivity contribution in [2.75, 3.05) is 0 Å². The molecule has 25 heavy (non-hydrogen) atoms. The van der Waals surface area contributed by atoms with E-state index in [0.29, 0.717) is 22.6 Å². The minimum Gasteiger partial charge on any atom is -0.490 e. The highest BCUT2D eigenvalue weighted by Gasteiger charge is 2.33. The monoisotopic (exact) mass is 351 g/mol. The summed E-state index contributed by atoms with van der Waals surface area (Å²) in [6.45, 7) is 6.77. The first-order valence-corrected chi connectivity index (χ1v) is 8.77. The number of nitrogens with zero attached hydrogens (tertiary/aromatic N) is 1. The number of ether oxygens (including phenoxy) is 1. The zero-order chi connectivity index (χ0) is 18.2. The molecular formula is C20H24F3NO. The van der Waals surface area contributed by atoms with Crippen LogP contribution in [0.15, 0.2) is 30.5 Å². The lowest BCUT2D eigenvalue weighted by Gasteiger charge is -2.37. The van der Waals surface area contributed by atoms with E-state index in [9.17, 15) is 13.2 Å². The van der Waals surface area contributed by atoms with E-state index < -0.39 is 11.7 Å². The molecule has 1 aliphatic carbocycles. The first-order chi connectivity index (χ1) is 11.6. The van der Waals surface area contributed by atoms with Crippen LogP contribution in [0.1, 0.15) is 52.0 Å². The van der Waals surface area contributed by atoms with Crippen LogP contribution in [-0.2, 0) is 6.18 Å². The second kappa shape index (κ2) is 6.50. The fraction of sp³-hybridized carbons (Fsp3) is 0.550. The third-order valence-corrected chi connectivity index (χ3v) is 5.22. The van der Waals surface area contributed by atoms with Gasteiger partial charge in [-0.2, -0.15) is 13.2 Å². The Morgan fingerprint density at radius 1 is 1.00 bits per heavy atom. The van der Waals surface area contributed by atoms with Crippen molar-refractivity contribution >= 4 is 10.9 Å². The zero-order valence-corrected chi connectivity index (χ0v) is 14.9. The van der Waals surface area contributed by atoms with Gasteiger partial charge < -0.3 is 4.74 Å². The highest BCUT2D eigenvalue weighted by molar-refractivity contribution is 5.84. The van der Waals surface area contributed by atoms with Crippen molar-refractivity contribution in [3.8, 4) is 5.75 Å². The lowest BCUT2D eigenvalue weighted by molar-refractivity contribution is -0.136. The van der Waals surface area contributed by atoms with Crippen molar-refractivity contribution < 1.29 is 17.9 Å². The van der Waals surface area contributed by atoms with E-state index in [0.717, 1.165) is 31.7 Å². The van der Waals surface area contributed by atoms with Crippen LogP contribution in [0.3, 0.4) is 0 Å². The molecule has 2 nitrogen and oxygen atoms in total. The largest absolute Gasteiger partial charge is 0.490 e. The van der Waals surface area contributed by atoms with Gasteiger partial charge in [0.05, 0.1) is 17.2 Å². The van der Waals surface area contributed by atoms with Gasteiger partial charge in [-0.25, -0.2) is 0 Å². The van der Waals surface area contributed by atoms with E-state index in [4.69, 9.17) is 4.74 Å². The molecule has 0 saturated heterocycles. The molecule has 1 fully saturated rings. The minimum absolute atomic E-state index is 0.0714. The van der Waals surface area contributed by atoms with Crippen molar-refractivity contribution in [3.05, 3.63) is 36.0 Å². The molecule has 0 unspecified atom stereocenters. The number of halogens is 3. The summed E-state index contributed by atoms with van der Waals surface area (Å²) in [4.78, 5) is 4.02. The Hall–Kier alpha value is -1.78. The molecule has 0 N–H and O–H groups in total. The van der Waals surface area contributed by atoms with Crippen molar-refractivity contribution in [1.82, 2.24) is 4.98 Å². The molecule has 1 aromatic carbocycles. The van der Waals surface area contributed by atoms with Gasteiger partial charge in [0.2, 0.25) is 0 Å². The molecule has 0 spiro atoms. The molecule has 1 heterocycles. The summed E-state index contributed by atoms with van der Waals surface area (Å²) in [5.41, 5.74) is -0.0423. The highest BCUT2D eigenvalue weighted by Crippen LogP contribution is 2.39. The van der Waals surface area contributed by atoms with Crippen LogP contribution in [0.4, 0.5) is 13.2 Å². The molecular weight excluding hydrogens is 327 g/mol. The van der Waals surface area contributed by atoms with Gasteiger partial charge in [-0.05, 0) is 61.3 Å². The van der Waals surface area contributed by atoms with Crippen LogP contribution in [0.25, 0.3) is 10.9 Å². The van der Waals surface area contributed by atoms with Crippen molar-refractivity contribution in [3.63, 3.8) is 0 Å². The van der Waals surface area contributed by atoms with Gasteiger partial charge in [-0.1, -0.05) is 20.8 Å². The predicted molar refractivity (Wildman–Crippen MR) is 92.6 cm³/mol. The molecule has 2 aromatic rings. The molecule has 1 saturated carbocycles. The summed E-state index contributed by atoms with van der Waals surface area (Å²) in [7, 11) is 0. The second-order valence-corrected chi connectivity index (χ2v) is 7.99. The van der Waals surface area contributed by atoms with Gasteiger partial charge in [-0.3, -0.25) is 4.98 Å². The van der Waals surface area contributed by atoms with Crippen LogP contribution >= 0.6 is 0 Å². The van der Waals surface area contributed by atoms with E-state index in [2.05, 4.69) is 25.8 Å². The van der Waals surface area contributed by atoms with Gasteiger partial charge in [0.25, 0.3) is 0 Å². The Balaban J connectivity index is 1.77. The minimum atomic E-state index is -4.40. The standard InChI is InChI=1S/C20H24F3NO/c1-19(2,3)13-4-6-14(7-5-13)25-15-8-9-18-16(12-15)17(10-11-24-18)20(21,22)23/h8-14H,4-7H2,1-3H3. The molecule has 1 aromatic heterocycles. The lowest BCUT2D eigenvalue weighted by Crippen LogP contribution is -2.30. The molecule has 1 aliphatic rings. The molecule has 0 bridgehead atoms. The van der Waals surface area contributed by atoms with Crippen LogP contribution in [0, 0.1) is 11.3 Å². The molecule has 0 atom stereocenters. The number of hydrogen-bond acceptors (Lipinski definition) is 2. The Morgan fingerprint density at radius 3 is 2.28 bits per heavy atom. The van der Waals surface area contributed by atoms with Crippen molar-refractivity contribution in [2.24, 2.45) is 11.3 Å². The topological polar surface area (TPSA) is 22.1 Å². The third kappa shape index (κ3) is 4.07. The maximum absolute atomic E-state index is 13.2. The number of pyridine rings is 1. The average Bonchev–Trinajstić information content (AvgIpc) is 2.53. The van der Waals surface area contributed by atoms with Crippen molar-refractivity contribution in [2.45, 2.75) is 58.7 Å². The molecule has 5 heteroatoms. The van der Waals surface area contributed by atoms with E-state index >= 15 is 0 Å². The van der Waals surface area contributed by atoms with Crippen LogP contribution in [0.2, 0.25) is 0 Å². The van der Waals surface area contributed by atoms with E-state index in [1.165, 1.54) is 12.3 Å². The Bertz CT molecular complexity index is 741. The van der Waals surface area contributed by atoms with E-state index in [-0.39, 0.29) is 11.5 Å². The summed E-state index contributed by atoms with van der Waals surface area (Å²) in [6.07, 6.45) is 0.943. The summed E-state index contributed by atoms with van der Waals surface area (Å²) in [5, 5.41) is 0.0934. The fourth-order valence-electron chi connectivity index (χ4n) is 3.68. The normalized spacial score (nSPS) is 22.2. The highest BCUT2D eigenvalue weighted by atomic mass is 19.4. The van der Waals surface area contributed by atoms with Gasteiger partial charge >= 0.3 is 6.18 Å². The van der Waals surface area contributed by atoms with Crippen LogP contribution in [0.5, 0.6) is 5.75 Å². The number of rotatable bonds is 2. The Morgan fingerprint density at radius 2 is 1.68 bits per heavy atom. The molecule has 0 aliphatic heterocycles. The third-order valence-electron chi connectivity index (χ3n) is 5.22. The van der Waals surface area contributed by atoms with Crippen LogP contribution < -0.4 is 4.74 Å². The molecule has 0 radical (unpaired) electrons. The van der Waals surface area contributed by atoms with Crippen LogP contribution in [-0.4, -0.2) is 11.1 Å². The number of hydrogen-bond donors (Lipinski definition) is 0. The van der Waals surface area contributed by atoms with Gasteiger partial charge in [-0.15, -0.1) is 0 Å². The van der Waals surface area contributed by atoms with Gasteiger partial charge in [0.1, 0.15) is 5.75 Å². The predicted octanol–water partition coefficient (Wildman–Crippen LogP) is 6.24. The first-order valence-electron chi connectivity index (χ1n) is 8.77. The summed E-state index contributed by atoms with van der Waals surface area (Å²) >= 11 is 0. The number of alkyl halides is 3. The first kappa shape index (κ1) is 18.0. The molecule has 3 rings (SSSR count). The summed E-state index contributed by atoms with van der Waals surface area (Å²) in [6, 6.07) is 5.80. The SMILES string of the molecule is CC(C)(C)C1CCC(Oc2ccc3nccc(C(F)(F)F)c3c2)CC1. The molecule has 0 amide bonds. The summed E-state index contributed by atoms with van der Waals surface area (Å²) in [5.74, 6) is 1.16. The van der Waals surface area contributed by atoms with Gasteiger partial charge in [0.15, 0.2) is 0 Å². The number of benzene rings is 1. The lowest BCUT2D eigenvalue weighted by atomic mass is 9.72. The second-order valence-electron chi connectivity index (χ2n) is 7.99. The summed E-state index contributed by atoms with van der Waals surface area (Å²) < 4.78 is 45.6. The molecule has 136 valence electrons. The quantitative estimate of drug-likeness (QED) is 0.639. The van der Waals surface area contributed by atoms with Crippen molar-refractivity contribution in [1.29, 1.82) is 0 Å². The van der Waals surface area contributed by atoms with E-state index in [1.54, 1.807) is 12.1 Å². The fourth-order valence-corrected chi connectivity index (χ4v) is 3.68.